The minimum Gasteiger partial charge on any atom is -0.375 e. The Morgan fingerprint density at radius 1 is 1.14 bits per heavy atom. The summed E-state index contributed by atoms with van der Waals surface area (Å²) in [6.45, 7) is 6.37. The second kappa shape index (κ2) is 3.60. The minimum absolute atomic E-state index is 0.0679. The fourth-order valence-electron chi connectivity index (χ4n) is 1.32. The molecule has 0 saturated heterocycles. The Labute approximate surface area is 85.5 Å². The first kappa shape index (κ1) is 11.0. The third-order valence-corrected chi connectivity index (χ3v) is 2.29. The number of anilines is 1. The molecule has 1 rings (SSSR count). The zero-order chi connectivity index (χ0) is 10.9. The Morgan fingerprint density at radius 2 is 1.71 bits per heavy atom. The largest absolute Gasteiger partial charge is 0.375 e. The van der Waals surface area contributed by atoms with E-state index in [0.717, 1.165) is 5.56 Å². The van der Waals surface area contributed by atoms with Gasteiger partial charge in [0.05, 0.1) is 5.69 Å². The Balaban J connectivity index is 3.20. The van der Waals surface area contributed by atoms with Crippen LogP contribution in [0.4, 0.5) is 10.1 Å². The number of rotatable bonds is 1. The fraction of sp³-hybridized carbons (Fsp3) is 0.500. The van der Waals surface area contributed by atoms with Crippen LogP contribution in [0.3, 0.4) is 0 Å². The van der Waals surface area contributed by atoms with E-state index in [-0.39, 0.29) is 11.2 Å². The lowest BCUT2D eigenvalue weighted by molar-refractivity contribution is 0.582. The van der Waals surface area contributed by atoms with Gasteiger partial charge in [0.15, 0.2) is 0 Å². The molecule has 0 unspecified atom stereocenters. The van der Waals surface area contributed by atoms with E-state index in [1.807, 2.05) is 26.2 Å². The van der Waals surface area contributed by atoms with Gasteiger partial charge in [-0.25, -0.2) is 4.39 Å². The molecule has 14 heavy (non-hydrogen) atoms. The second-order valence-electron chi connectivity index (χ2n) is 4.81. The summed E-state index contributed by atoms with van der Waals surface area (Å²) in [5, 5.41) is 0. The van der Waals surface area contributed by atoms with Crippen molar-refractivity contribution in [2.75, 3.05) is 19.0 Å². The van der Waals surface area contributed by atoms with Crippen LogP contribution in [0, 0.1) is 5.82 Å². The molecule has 1 aromatic rings. The average molecular weight is 195 g/mol. The highest BCUT2D eigenvalue weighted by Gasteiger charge is 2.15. The van der Waals surface area contributed by atoms with Gasteiger partial charge in [-0.1, -0.05) is 26.8 Å². The molecular weight excluding hydrogens is 177 g/mol. The molecule has 0 fully saturated rings. The molecule has 2 heteroatoms. The summed E-state index contributed by atoms with van der Waals surface area (Å²) >= 11 is 0. The van der Waals surface area contributed by atoms with Crippen molar-refractivity contribution in [3.63, 3.8) is 0 Å². The molecule has 0 spiro atoms. The van der Waals surface area contributed by atoms with E-state index in [1.165, 1.54) is 6.07 Å². The van der Waals surface area contributed by atoms with Crippen molar-refractivity contribution >= 4 is 5.69 Å². The van der Waals surface area contributed by atoms with Crippen LogP contribution < -0.4 is 4.90 Å². The van der Waals surface area contributed by atoms with Crippen molar-refractivity contribution < 1.29 is 4.39 Å². The van der Waals surface area contributed by atoms with Gasteiger partial charge in [0.1, 0.15) is 5.82 Å². The van der Waals surface area contributed by atoms with Crippen LogP contribution in [-0.2, 0) is 5.41 Å². The van der Waals surface area contributed by atoms with Gasteiger partial charge in [-0.15, -0.1) is 0 Å². The van der Waals surface area contributed by atoms with Gasteiger partial charge in [-0.2, -0.15) is 0 Å². The number of hydrogen-bond donors (Lipinski definition) is 0. The second-order valence-corrected chi connectivity index (χ2v) is 4.81. The zero-order valence-electron chi connectivity index (χ0n) is 9.56. The van der Waals surface area contributed by atoms with E-state index in [2.05, 4.69) is 20.8 Å². The summed E-state index contributed by atoms with van der Waals surface area (Å²) in [7, 11) is 3.70. The predicted molar refractivity (Wildman–Crippen MR) is 59.4 cm³/mol. The van der Waals surface area contributed by atoms with Crippen LogP contribution in [0.25, 0.3) is 0 Å². The third-order valence-electron chi connectivity index (χ3n) is 2.29. The SMILES string of the molecule is CN(C)c1cc(C(C)(C)C)ccc1F. The van der Waals surface area contributed by atoms with Gasteiger partial charge in [-0.3, -0.25) is 0 Å². The first-order valence-electron chi connectivity index (χ1n) is 4.80. The molecule has 78 valence electrons. The van der Waals surface area contributed by atoms with Gasteiger partial charge >= 0.3 is 0 Å². The van der Waals surface area contributed by atoms with Gasteiger partial charge in [0.25, 0.3) is 0 Å². The highest BCUT2D eigenvalue weighted by molar-refractivity contribution is 5.50. The Bertz CT molecular complexity index is 324. The molecule has 0 amide bonds. The molecular formula is C12H18FN. The molecule has 1 aromatic carbocycles. The molecule has 0 heterocycles. The maximum atomic E-state index is 13.4. The molecule has 0 N–H and O–H groups in total. The van der Waals surface area contributed by atoms with E-state index in [0.29, 0.717) is 5.69 Å². The Hall–Kier alpha value is -1.05. The molecule has 0 aliphatic carbocycles. The summed E-state index contributed by atoms with van der Waals surface area (Å²) < 4.78 is 13.4. The van der Waals surface area contributed by atoms with Crippen LogP contribution in [0.5, 0.6) is 0 Å². The third kappa shape index (κ3) is 2.25. The number of halogens is 1. The predicted octanol–water partition coefficient (Wildman–Crippen LogP) is 3.19. The van der Waals surface area contributed by atoms with Gasteiger partial charge in [0, 0.05) is 14.1 Å². The summed E-state index contributed by atoms with van der Waals surface area (Å²) in [5.74, 6) is -0.164. The standard InChI is InChI=1S/C12H18FN/c1-12(2,3)9-6-7-10(13)11(8-9)14(4)5/h6-8H,1-5H3. The molecule has 0 bridgehead atoms. The van der Waals surface area contributed by atoms with Crippen molar-refractivity contribution in [1.82, 2.24) is 0 Å². The van der Waals surface area contributed by atoms with E-state index >= 15 is 0 Å². The van der Waals surface area contributed by atoms with Crippen molar-refractivity contribution in [1.29, 1.82) is 0 Å². The van der Waals surface area contributed by atoms with E-state index in [4.69, 9.17) is 0 Å². The zero-order valence-corrected chi connectivity index (χ0v) is 9.56. The van der Waals surface area contributed by atoms with Crippen molar-refractivity contribution in [3.05, 3.63) is 29.6 Å². The van der Waals surface area contributed by atoms with Crippen LogP contribution in [0.2, 0.25) is 0 Å². The average Bonchev–Trinajstić information content (AvgIpc) is 2.02. The molecule has 0 aliphatic rings. The highest BCUT2D eigenvalue weighted by atomic mass is 19.1. The number of hydrogen-bond acceptors (Lipinski definition) is 1. The van der Waals surface area contributed by atoms with E-state index in [1.54, 1.807) is 4.90 Å². The maximum absolute atomic E-state index is 13.4. The van der Waals surface area contributed by atoms with Gasteiger partial charge in [-0.05, 0) is 23.1 Å². The minimum atomic E-state index is -0.164. The topological polar surface area (TPSA) is 3.24 Å². The van der Waals surface area contributed by atoms with Crippen molar-refractivity contribution in [3.8, 4) is 0 Å². The van der Waals surface area contributed by atoms with Crippen LogP contribution in [0.1, 0.15) is 26.3 Å². The summed E-state index contributed by atoms with van der Waals surface area (Å²) in [6, 6.07) is 5.30. The molecule has 0 atom stereocenters. The molecule has 0 saturated carbocycles. The van der Waals surface area contributed by atoms with Crippen LogP contribution in [-0.4, -0.2) is 14.1 Å². The lowest BCUT2D eigenvalue weighted by Gasteiger charge is -2.22. The summed E-state index contributed by atoms with van der Waals surface area (Å²) in [6.07, 6.45) is 0. The van der Waals surface area contributed by atoms with Gasteiger partial charge < -0.3 is 4.90 Å². The maximum Gasteiger partial charge on any atom is 0.146 e. The normalized spacial score (nSPS) is 11.6. The molecule has 0 aliphatic heterocycles. The summed E-state index contributed by atoms with van der Waals surface area (Å²) in [4.78, 5) is 1.80. The number of benzene rings is 1. The van der Waals surface area contributed by atoms with Crippen LogP contribution >= 0.6 is 0 Å². The first-order valence-corrected chi connectivity index (χ1v) is 4.80. The smallest absolute Gasteiger partial charge is 0.146 e. The lowest BCUT2D eigenvalue weighted by atomic mass is 9.87. The summed E-state index contributed by atoms with van der Waals surface area (Å²) in [5.41, 5.74) is 1.87. The number of nitrogens with zero attached hydrogens (tertiary/aromatic N) is 1. The molecule has 1 nitrogen and oxygen atoms in total. The molecule has 0 radical (unpaired) electrons. The first-order chi connectivity index (χ1) is 6.32. The van der Waals surface area contributed by atoms with Crippen molar-refractivity contribution in [2.45, 2.75) is 26.2 Å². The monoisotopic (exact) mass is 195 g/mol. The van der Waals surface area contributed by atoms with Gasteiger partial charge in [0.2, 0.25) is 0 Å². The van der Waals surface area contributed by atoms with Crippen LogP contribution in [0.15, 0.2) is 18.2 Å². The Morgan fingerprint density at radius 3 is 2.14 bits per heavy atom. The lowest BCUT2D eigenvalue weighted by Crippen LogP contribution is -2.15. The quantitative estimate of drug-likeness (QED) is 0.665. The fourth-order valence-corrected chi connectivity index (χ4v) is 1.32. The molecule has 0 aromatic heterocycles. The Kier molecular flexibility index (Phi) is 2.84. The van der Waals surface area contributed by atoms with E-state index in [9.17, 15) is 4.39 Å². The highest BCUT2D eigenvalue weighted by Crippen LogP contribution is 2.27. The van der Waals surface area contributed by atoms with Crippen molar-refractivity contribution in [2.24, 2.45) is 0 Å². The van der Waals surface area contributed by atoms with E-state index < -0.39 is 0 Å².